The van der Waals surface area contributed by atoms with E-state index in [0.29, 0.717) is 23.1 Å². The van der Waals surface area contributed by atoms with E-state index in [1.807, 2.05) is 45.9 Å². The lowest BCUT2D eigenvalue weighted by Gasteiger charge is -2.16. The Balaban J connectivity index is 2.47. The zero-order valence-electron chi connectivity index (χ0n) is 11.8. The number of ketones is 2. The fourth-order valence-corrected chi connectivity index (χ4v) is 2.15. The van der Waals surface area contributed by atoms with Crippen LogP contribution in [0, 0.1) is 13.8 Å². The number of allylic oxidation sites excluding steroid dienone is 4. The Bertz CT molecular complexity index is 627. The van der Waals surface area contributed by atoms with Gasteiger partial charge < -0.3 is 0 Å². The van der Waals surface area contributed by atoms with E-state index >= 15 is 0 Å². The van der Waals surface area contributed by atoms with Crippen molar-refractivity contribution in [3.63, 3.8) is 0 Å². The van der Waals surface area contributed by atoms with Crippen LogP contribution in [0.25, 0.3) is 0 Å². The maximum absolute atomic E-state index is 12.4. The Kier molecular flexibility index (Phi) is 3.52. The number of carbonyl (C=O) groups is 2. The molecule has 0 atom stereocenters. The van der Waals surface area contributed by atoms with Crippen LogP contribution in [0.15, 0.2) is 35.4 Å². The van der Waals surface area contributed by atoms with Crippen molar-refractivity contribution in [3.8, 4) is 0 Å². The van der Waals surface area contributed by atoms with Crippen LogP contribution in [0.3, 0.4) is 0 Å². The Morgan fingerprint density at radius 1 is 1.05 bits per heavy atom. The van der Waals surface area contributed by atoms with Gasteiger partial charge >= 0.3 is 0 Å². The molecule has 0 saturated carbocycles. The van der Waals surface area contributed by atoms with Crippen LogP contribution in [0.5, 0.6) is 0 Å². The summed E-state index contributed by atoms with van der Waals surface area (Å²) in [4.78, 5) is 24.5. The zero-order valence-corrected chi connectivity index (χ0v) is 11.8. The van der Waals surface area contributed by atoms with E-state index < -0.39 is 0 Å². The molecule has 0 spiro atoms. The second-order valence-electron chi connectivity index (χ2n) is 5.33. The summed E-state index contributed by atoms with van der Waals surface area (Å²) in [6, 6.07) is 3.65. The van der Waals surface area contributed by atoms with Crippen molar-refractivity contribution < 1.29 is 9.59 Å². The first-order valence-corrected chi connectivity index (χ1v) is 6.44. The van der Waals surface area contributed by atoms with E-state index in [4.69, 9.17) is 0 Å². The van der Waals surface area contributed by atoms with Gasteiger partial charge in [0.1, 0.15) is 0 Å². The highest BCUT2D eigenvalue weighted by Crippen LogP contribution is 2.26. The number of hydrogen-bond acceptors (Lipinski definition) is 2. The van der Waals surface area contributed by atoms with Crippen molar-refractivity contribution in [1.29, 1.82) is 0 Å². The molecule has 1 aromatic carbocycles. The maximum atomic E-state index is 12.4. The van der Waals surface area contributed by atoms with Crippen molar-refractivity contribution in [2.45, 2.75) is 34.1 Å². The summed E-state index contributed by atoms with van der Waals surface area (Å²) in [6.07, 6.45) is 3.99. The summed E-state index contributed by atoms with van der Waals surface area (Å²) in [5.74, 6) is -0.0787. The van der Waals surface area contributed by atoms with Gasteiger partial charge in [-0.25, -0.2) is 0 Å². The van der Waals surface area contributed by atoms with Gasteiger partial charge in [0, 0.05) is 16.7 Å². The zero-order chi connectivity index (χ0) is 14.2. The van der Waals surface area contributed by atoms with Crippen LogP contribution in [0.1, 0.15) is 52.1 Å². The molecule has 1 aliphatic rings. The number of rotatable bonds is 2. The molecule has 2 heteroatoms. The van der Waals surface area contributed by atoms with Crippen molar-refractivity contribution in [2.24, 2.45) is 0 Å². The number of hydrogen-bond donors (Lipinski definition) is 0. The fraction of sp³-hybridized carbons (Fsp3) is 0.294. The highest BCUT2D eigenvalue weighted by molar-refractivity contribution is 6.24. The predicted octanol–water partition coefficient (Wildman–Crippen LogP) is 3.97. The van der Waals surface area contributed by atoms with Gasteiger partial charge in [-0.05, 0) is 63.5 Å². The first kappa shape index (κ1) is 13.5. The van der Waals surface area contributed by atoms with Gasteiger partial charge in [0.25, 0.3) is 0 Å². The van der Waals surface area contributed by atoms with Gasteiger partial charge in [0.2, 0.25) is 0 Å². The number of benzene rings is 1. The minimum Gasteiger partial charge on any atom is -0.289 e. The molecule has 0 heterocycles. The van der Waals surface area contributed by atoms with E-state index in [9.17, 15) is 9.59 Å². The lowest BCUT2D eigenvalue weighted by Crippen LogP contribution is -2.17. The molecule has 0 saturated heterocycles. The van der Waals surface area contributed by atoms with Gasteiger partial charge in [0.05, 0.1) is 0 Å². The van der Waals surface area contributed by atoms with Crippen LogP contribution in [-0.4, -0.2) is 11.6 Å². The Labute approximate surface area is 113 Å². The number of carbonyl (C=O) groups excluding carboxylic acids is 2. The smallest absolute Gasteiger partial charge is 0.190 e. The first-order chi connectivity index (χ1) is 8.90. The van der Waals surface area contributed by atoms with E-state index in [1.54, 1.807) is 0 Å². The molecule has 98 valence electrons. The highest BCUT2D eigenvalue weighted by Gasteiger charge is 2.25. The van der Waals surface area contributed by atoms with Crippen LogP contribution >= 0.6 is 0 Å². The number of fused-ring (bicyclic) bond motifs is 1. The van der Waals surface area contributed by atoms with Crippen molar-refractivity contribution in [2.75, 3.05) is 0 Å². The normalized spacial score (nSPS) is 14.0. The Hall–Kier alpha value is -1.96. The molecule has 0 aliphatic heterocycles. The van der Waals surface area contributed by atoms with Crippen LogP contribution < -0.4 is 0 Å². The van der Waals surface area contributed by atoms with E-state index in [2.05, 4.69) is 0 Å². The van der Waals surface area contributed by atoms with Crippen molar-refractivity contribution in [3.05, 3.63) is 57.7 Å². The average molecular weight is 254 g/mol. The molecule has 2 rings (SSSR count). The Morgan fingerprint density at radius 2 is 1.63 bits per heavy atom. The van der Waals surface area contributed by atoms with E-state index in [-0.39, 0.29) is 11.6 Å². The SMILES string of the molecule is CC(C)=CCC1=CC(=O)c2cc(C)c(C)cc2C1=O. The molecule has 1 aliphatic carbocycles. The third kappa shape index (κ3) is 2.58. The first-order valence-electron chi connectivity index (χ1n) is 6.44. The predicted molar refractivity (Wildman–Crippen MR) is 76.7 cm³/mol. The second kappa shape index (κ2) is 4.96. The minimum absolute atomic E-state index is 0.0183. The molecule has 2 nitrogen and oxygen atoms in total. The summed E-state index contributed by atoms with van der Waals surface area (Å²) < 4.78 is 0. The van der Waals surface area contributed by atoms with E-state index in [1.165, 1.54) is 6.08 Å². The molecule has 0 N–H and O–H groups in total. The highest BCUT2D eigenvalue weighted by atomic mass is 16.1. The monoisotopic (exact) mass is 254 g/mol. The molecule has 0 radical (unpaired) electrons. The topological polar surface area (TPSA) is 34.1 Å². The summed E-state index contributed by atoms with van der Waals surface area (Å²) in [6.45, 7) is 7.88. The molecule has 0 fully saturated rings. The standard InChI is InChI=1S/C17H18O2/c1-10(2)5-6-13-9-16(18)14-7-11(3)12(4)8-15(14)17(13)19/h5,7-9H,6H2,1-4H3. The minimum atomic E-state index is -0.0603. The molecular weight excluding hydrogens is 236 g/mol. The van der Waals surface area contributed by atoms with Crippen LogP contribution in [-0.2, 0) is 0 Å². The molecular formula is C17H18O2. The lowest BCUT2D eigenvalue weighted by atomic mass is 9.85. The van der Waals surface area contributed by atoms with Gasteiger partial charge in [-0.1, -0.05) is 11.6 Å². The third-order valence-corrected chi connectivity index (χ3v) is 3.47. The number of Topliss-reactive ketones (excluding diaryl/α,β-unsaturated/α-hetero) is 1. The summed E-state index contributed by atoms with van der Waals surface area (Å²) >= 11 is 0. The maximum Gasteiger partial charge on any atom is 0.190 e. The van der Waals surface area contributed by atoms with E-state index in [0.717, 1.165) is 16.7 Å². The summed E-state index contributed by atoms with van der Waals surface area (Å²) in [5.41, 5.74) is 4.90. The molecule has 0 amide bonds. The Morgan fingerprint density at radius 3 is 2.21 bits per heavy atom. The number of aryl methyl sites for hydroxylation is 2. The quantitative estimate of drug-likeness (QED) is 0.748. The lowest BCUT2D eigenvalue weighted by molar-refractivity contribution is 0.0982. The molecule has 1 aromatic rings. The van der Waals surface area contributed by atoms with Gasteiger partial charge in [-0.15, -0.1) is 0 Å². The van der Waals surface area contributed by atoms with Gasteiger partial charge in [0.15, 0.2) is 11.6 Å². The summed E-state index contributed by atoms with van der Waals surface area (Å²) in [5, 5.41) is 0. The summed E-state index contributed by atoms with van der Waals surface area (Å²) in [7, 11) is 0. The largest absolute Gasteiger partial charge is 0.289 e. The van der Waals surface area contributed by atoms with Crippen LogP contribution in [0.4, 0.5) is 0 Å². The van der Waals surface area contributed by atoms with Crippen molar-refractivity contribution in [1.82, 2.24) is 0 Å². The van der Waals surface area contributed by atoms with Gasteiger partial charge in [-0.3, -0.25) is 9.59 Å². The second-order valence-corrected chi connectivity index (χ2v) is 5.33. The molecule has 19 heavy (non-hydrogen) atoms. The third-order valence-electron chi connectivity index (χ3n) is 3.47. The molecule has 0 unspecified atom stereocenters. The molecule has 0 aromatic heterocycles. The average Bonchev–Trinajstić information content (AvgIpc) is 2.34. The molecule has 0 bridgehead atoms. The van der Waals surface area contributed by atoms with Crippen LogP contribution in [0.2, 0.25) is 0 Å². The van der Waals surface area contributed by atoms with Gasteiger partial charge in [-0.2, -0.15) is 0 Å². The fourth-order valence-electron chi connectivity index (χ4n) is 2.15. The van der Waals surface area contributed by atoms with Crippen molar-refractivity contribution >= 4 is 11.6 Å².